The maximum atomic E-state index is 12.0. The predicted molar refractivity (Wildman–Crippen MR) is 72.2 cm³/mol. The van der Waals surface area contributed by atoms with Crippen LogP contribution >= 0.6 is 0 Å². The first-order valence-electron chi connectivity index (χ1n) is 6.49. The van der Waals surface area contributed by atoms with E-state index in [0.717, 1.165) is 11.3 Å². The summed E-state index contributed by atoms with van der Waals surface area (Å²) in [6, 6.07) is 7.33. The molecule has 1 heterocycles. The zero-order chi connectivity index (χ0) is 14.7. The second-order valence-corrected chi connectivity index (χ2v) is 4.89. The highest BCUT2D eigenvalue weighted by atomic mass is 16.5. The van der Waals surface area contributed by atoms with Crippen molar-refractivity contribution in [3.8, 4) is 5.75 Å². The number of piperidine rings is 1. The van der Waals surface area contributed by atoms with Crippen LogP contribution in [0, 0.1) is 5.92 Å². The first kappa shape index (κ1) is 14.2. The van der Waals surface area contributed by atoms with Gasteiger partial charge in [-0.15, -0.1) is 0 Å². The van der Waals surface area contributed by atoms with Crippen molar-refractivity contribution in [3.63, 3.8) is 0 Å². The lowest BCUT2D eigenvalue weighted by Crippen LogP contribution is -2.47. The van der Waals surface area contributed by atoms with E-state index >= 15 is 0 Å². The summed E-state index contributed by atoms with van der Waals surface area (Å²) in [7, 11) is 1.59. The summed E-state index contributed by atoms with van der Waals surface area (Å²) in [5.74, 6) is -1.39. The fourth-order valence-electron chi connectivity index (χ4n) is 2.31. The summed E-state index contributed by atoms with van der Waals surface area (Å²) >= 11 is 0. The number of benzene rings is 1. The first-order valence-corrected chi connectivity index (χ1v) is 6.49. The summed E-state index contributed by atoms with van der Waals surface area (Å²) < 4.78 is 5.07. The Morgan fingerprint density at radius 2 is 1.95 bits per heavy atom. The number of Topliss-reactive ketones (excluding diaryl/α,β-unsaturated/α-hetero) is 2. The smallest absolute Gasteiger partial charge is 0.291 e. The van der Waals surface area contributed by atoms with Gasteiger partial charge in [-0.05, 0) is 31.0 Å². The topological polar surface area (TPSA) is 63.7 Å². The van der Waals surface area contributed by atoms with Crippen LogP contribution in [-0.2, 0) is 20.9 Å². The normalized spacial score (nSPS) is 19.1. The largest absolute Gasteiger partial charge is 0.497 e. The lowest BCUT2D eigenvalue weighted by molar-refractivity contribution is -0.152. The Bertz CT molecular complexity index is 535. The monoisotopic (exact) mass is 275 g/mol. The molecule has 0 saturated carbocycles. The van der Waals surface area contributed by atoms with Crippen molar-refractivity contribution in [3.05, 3.63) is 29.8 Å². The highest BCUT2D eigenvalue weighted by Crippen LogP contribution is 2.19. The maximum absolute atomic E-state index is 12.0. The summed E-state index contributed by atoms with van der Waals surface area (Å²) in [4.78, 5) is 36.6. The van der Waals surface area contributed by atoms with Crippen LogP contribution in [-0.4, -0.2) is 36.0 Å². The van der Waals surface area contributed by atoms with Crippen molar-refractivity contribution in [1.82, 2.24) is 4.90 Å². The molecule has 20 heavy (non-hydrogen) atoms. The Balaban J connectivity index is 2.05. The number of amides is 1. The third kappa shape index (κ3) is 2.87. The van der Waals surface area contributed by atoms with Gasteiger partial charge in [0.05, 0.1) is 13.0 Å². The van der Waals surface area contributed by atoms with Gasteiger partial charge in [0.25, 0.3) is 5.91 Å². The summed E-state index contributed by atoms with van der Waals surface area (Å²) in [5.41, 5.74) is 0.924. The second kappa shape index (κ2) is 5.86. The van der Waals surface area contributed by atoms with E-state index in [1.54, 1.807) is 7.11 Å². The summed E-state index contributed by atoms with van der Waals surface area (Å²) in [6.45, 7) is 2.16. The minimum absolute atomic E-state index is 0.229. The van der Waals surface area contributed by atoms with Crippen molar-refractivity contribution < 1.29 is 19.1 Å². The Labute approximate surface area is 117 Å². The third-order valence-electron chi connectivity index (χ3n) is 3.53. The van der Waals surface area contributed by atoms with Crippen LogP contribution in [0.5, 0.6) is 5.75 Å². The number of hydrogen-bond acceptors (Lipinski definition) is 4. The van der Waals surface area contributed by atoms with Crippen molar-refractivity contribution in [2.24, 2.45) is 5.92 Å². The fourth-order valence-corrected chi connectivity index (χ4v) is 2.31. The SMILES string of the molecule is COc1ccc(CN2CCC(C(C)=O)C(=O)C2=O)cc1. The number of rotatable bonds is 4. The van der Waals surface area contributed by atoms with Crippen LogP contribution in [0.4, 0.5) is 0 Å². The molecular weight excluding hydrogens is 258 g/mol. The van der Waals surface area contributed by atoms with E-state index in [1.807, 2.05) is 24.3 Å². The van der Waals surface area contributed by atoms with Crippen molar-refractivity contribution in [1.29, 1.82) is 0 Å². The van der Waals surface area contributed by atoms with E-state index in [2.05, 4.69) is 0 Å². The van der Waals surface area contributed by atoms with Crippen molar-refractivity contribution >= 4 is 17.5 Å². The minimum Gasteiger partial charge on any atom is -0.497 e. The Morgan fingerprint density at radius 3 is 2.50 bits per heavy atom. The quantitative estimate of drug-likeness (QED) is 0.612. The molecule has 0 aliphatic carbocycles. The minimum atomic E-state index is -0.755. The molecular formula is C15H17NO4. The number of methoxy groups -OCH3 is 1. The predicted octanol–water partition coefficient (Wildman–Crippen LogP) is 1.20. The third-order valence-corrected chi connectivity index (χ3v) is 3.53. The van der Waals surface area contributed by atoms with Crippen molar-refractivity contribution in [2.75, 3.05) is 13.7 Å². The highest BCUT2D eigenvalue weighted by Gasteiger charge is 2.37. The summed E-state index contributed by atoms with van der Waals surface area (Å²) in [6.07, 6.45) is 0.413. The molecule has 0 bridgehead atoms. The van der Waals surface area contributed by atoms with Gasteiger partial charge in [-0.1, -0.05) is 12.1 Å². The van der Waals surface area contributed by atoms with Crippen LogP contribution in [0.3, 0.4) is 0 Å². The molecule has 1 aromatic carbocycles. The van der Waals surface area contributed by atoms with E-state index < -0.39 is 17.6 Å². The lowest BCUT2D eigenvalue weighted by atomic mass is 9.91. The number of carbonyl (C=O) groups excluding carboxylic acids is 3. The molecule has 1 fully saturated rings. The zero-order valence-electron chi connectivity index (χ0n) is 11.6. The van der Waals surface area contributed by atoms with Gasteiger partial charge in [-0.25, -0.2) is 0 Å². The number of hydrogen-bond donors (Lipinski definition) is 0. The molecule has 0 N–H and O–H groups in total. The van der Waals surface area contributed by atoms with Gasteiger partial charge >= 0.3 is 0 Å². The van der Waals surface area contributed by atoms with Crippen LogP contribution in [0.2, 0.25) is 0 Å². The van der Waals surface area contributed by atoms with Crippen LogP contribution in [0.25, 0.3) is 0 Å². The average molecular weight is 275 g/mol. The molecule has 5 heteroatoms. The van der Waals surface area contributed by atoms with Gasteiger partial charge in [0.1, 0.15) is 11.5 Å². The van der Waals surface area contributed by atoms with E-state index in [-0.39, 0.29) is 5.78 Å². The molecule has 1 aliphatic heterocycles. The molecule has 5 nitrogen and oxygen atoms in total. The number of nitrogens with zero attached hydrogens (tertiary/aromatic N) is 1. The van der Waals surface area contributed by atoms with Gasteiger partial charge in [-0.3, -0.25) is 14.4 Å². The lowest BCUT2D eigenvalue weighted by Gasteiger charge is -2.29. The van der Waals surface area contributed by atoms with E-state index in [0.29, 0.717) is 19.5 Å². The second-order valence-electron chi connectivity index (χ2n) is 4.89. The molecule has 1 unspecified atom stereocenters. The number of ether oxygens (including phenoxy) is 1. The molecule has 2 rings (SSSR count). The van der Waals surface area contributed by atoms with Gasteiger partial charge in [-0.2, -0.15) is 0 Å². The van der Waals surface area contributed by atoms with Gasteiger partial charge in [0.2, 0.25) is 5.78 Å². The van der Waals surface area contributed by atoms with Crippen LogP contribution in [0.1, 0.15) is 18.9 Å². The Hall–Kier alpha value is -2.17. The molecule has 1 aromatic rings. The zero-order valence-corrected chi connectivity index (χ0v) is 11.6. The molecule has 1 atom stereocenters. The Morgan fingerprint density at radius 1 is 1.30 bits per heavy atom. The van der Waals surface area contributed by atoms with E-state index in [4.69, 9.17) is 4.74 Å². The van der Waals surface area contributed by atoms with Crippen molar-refractivity contribution in [2.45, 2.75) is 19.9 Å². The van der Waals surface area contributed by atoms with Gasteiger partial charge in [0.15, 0.2) is 0 Å². The number of likely N-dealkylation sites (tertiary alicyclic amines) is 1. The average Bonchev–Trinajstić information content (AvgIpc) is 2.44. The molecule has 1 saturated heterocycles. The van der Waals surface area contributed by atoms with Crippen LogP contribution in [0.15, 0.2) is 24.3 Å². The molecule has 1 amide bonds. The number of carbonyl (C=O) groups is 3. The van der Waals surface area contributed by atoms with E-state index in [9.17, 15) is 14.4 Å². The van der Waals surface area contributed by atoms with E-state index in [1.165, 1.54) is 11.8 Å². The molecule has 0 radical (unpaired) electrons. The first-order chi connectivity index (χ1) is 9.52. The molecule has 0 spiro atoms. The van der Waals surface area contributed by atoms with Gasteiger partial charge in [0, 0.05) is 13.1 Å². The maximum Gasteiger partial charge on any atom is 0.291 e. The summed E-state index contributed by atoms with van der Waals surface area (Å²) in [5, 5.41) is 0. The fraction of sp³-hybridized carbons (Fsp3) is 0.400. The molecule has 106 valence electrons. The Kier molecular flexibility index (Phi) is 4.17. The number of ketones is 2. The molecule has 0 aromatic heterocycles. The molecule has 1 aliphatic rings. The van der Waals surface area contributed by atoms with Gasteiger partial charge < -0.3 is 9.64 Å². The van der Waals surface area contributed by atoms with Crippen LogP contribution < -0.4 is 4.74 Å². The standard InChI is InChI=1S/C15H17NO4/c1-10(17)13-7-8-16(15(19)14(13)18)9-11-3-5-12(20-2)6-4-11/h3-6,13H,7-9H2,1-2H3. The highest BCUT2D eigenvalue weighted by molar-refractivity contribution is 6.40.